The van der Waals surface area contributed by atoms with Gasteiger partial charge in [0.05, 0.1) is 18.0 Å². The van der Waals surface area contributed by atoms with E-state index in [4.69, 9.17) is 10.5 Å². The maximum atomic E-state index is 6.13. The molecule has 2 N–H and O–H groups in total. The minimum Gasteiger partial charge on any atom is -0.494 e. The molecule has 4 nitrogen and oxygen atoms in total. The first kappa shape index (κ1) is 23.8. The van der Waals surface area contributed by atoms with E-state index >= 15 is 0 Å². The molecule has 0 aromatic heterocycles. The highest BCUT2D eigenvalue weighted by Gasteiger charge is 2.04. The molecule has 0 heterocycles. The highest BCUT2D eigenvalue weighted by atomic mass is 16.5. The molecule has 3 rings (SSSR count). The fourth-order valence-electron chi connectivity index (χ4n) is 3.88. The van der Waals surface area contributed by atoms with E-state index in [1.54, 1.807) is 0 Å². The summed E-state index contributed by atoms with van der Waals surface area (Å²) in [5, 5.41) is 10.9. The minimum absolute atomic E-state index is 0.629. The van der Waals surface area contributed by atoms with E-state index in [9.17, 15) is 0 Å². The van der Waals surface area contributed by atoms with E-state index in [-0.39, 0.29) is 0 Å². The zero-order valence-corrected chi connectivity index (χ0v) is 19.4. The minimum atomic E-state index is 0.629. The second-order valence-corrected chi connectivity index (χ2v) is 8.45. The molecule has 0 amide bonds. The van der Waals surface area contributed by atoms with Gasteiger partial charge in [-0.2, -0.15) is 5.11 Å². The third-order valence-electron chi connectivity index (χ3n) is 5.80. The molecular formula is C28H37N3O. The Labute approximate surface area is 192 Å². The van der Waals surface area contributed by atoms with Gasteiger partial charge >= 0.3 is 0 Å². The number of hydrogen-bond acceptors (Lipinski definition) is 4. The zero-order chi connectivity index (χ0) is 22.4. The van der Waals surface area contributed by atoms with Crippen LogP contribution in [0.1, 0.15) is 71.1 Å². The van der Waals surface area contributed by atoms with Crippen LogP contribution >= 0.6 is 0 Å². The van der Waals surface area contributed by atoms with Crippen LogP contribution in [0.2, 0.25) is 0 Å². The normalized spacial score (nSPS) is 11.4. The first-order chi connectivity index (χ1) is 15.8. The van der Waals surface area contributed by atoms with Gasteiger partial charge in [-0.05, 0) is 42.1 Å². The van der Waals surface area contributed by atoms with Gasteiger partial charge in [0.25, 0.3) is 0 Å². The number of fused-ring (bicyclic) bond motifs is 1. The molecule has 0 saturated carbocycles. The van der Waals surface area contributed by atoms with Gasteiger partial charge in [0.15, 0.2) is 0 Å². The summed E-state index contributed by atoms with van der Waals surface area (Å²) in [6.07, 6.45) is 13.3. The van der Waals surface area contributed by atoms with Crippen LogP contribution in [0.15, 0.2) is 70.9 Å². The van der Waals surface area contributed by atoms with E-state index in [0.717, 1.165) is 35.2 Å². The van der Waals surface area contributed by atoms with E-state index < -0.39 is 0 Å². The van der Waals surface area contributed by atoms with Crippen molar-refractivity contribution in [1.82, 2.24) is 0 Å². The Kier molecular flexibility index (Phi) is 10.0. The lowest BCUT2D eigenvalue weighted by molar-refractivity contribution is 0.304. The molecule has 0 aliphatic heterocycles. The molecule has 32 heavy (non-hydrogen) atoms. The van der Waals surface area contributed by atoms with Crippen molar-refractivity contribution in [1.29, 1.82) is 0 Å². The van der Waals surface area contributed by atoms with E-state index in [0.29, 0.717) is 11.4 Å². The smallest absolute Gasteiger partial charge is 0.119 e. The lowest BCUT2D eigenvalue weighted by Crippen LogP contribution is -1.96. The number of nitrogen functional groups attached to an aromatic ring is 1. The van der Waals surface area contributed by atoms with Gasteiger partial charge in [-0.3, -0.25) is 0 Å². The van der Waals surface area contributed by atoms with Gasteiger partial charge in [-0.15, -0.1) is 5.11 Å². The van der Waals surface area contributed by atoms with E-state index in [1.165, 1.54) is 57.8 Å². The number of nitrogens with two attached hydrogens (primary N) is 1. The molecule has 3 aromatic rings. The summed E-state index contributed by atoms with van der Waals surface area (Å²) in [5.74, 6) is 0.879. The Morgan fingerprint density at radius 2 is 1.34 bits per heavy atom. The predicted octanol–water partition coefficient (Wildman–Crippen LogP) is 9.14. The van der Waals surface area contributed by atoms with Crippen LogP contribution in [0.5, 0.6) is 5.75 Å². The molecule has 0 radical (unpaired) electrons. The second-order valence-electron chi connectivity index (χ2n) is 8.45. The monoisotopic (exact) mass is 431 g/mol. The Morgan fingerprint density at radius 3 is 2.06 bits per heavy atom. The van der Waals surface area contributed by atoms with Gasteiger partial charge < -0.3 is 10.5 Å². The van der Waals surface area contributed by atoms with Crippen molar-refractivity contribution in [3.63, 3.8) is 0 Å². The molecule has 3 aromatic carbocycles. The first-order valence-electron chi connectivity index (χ1n) is 12.2. The average Bonchev–Trinajstić information content (AvgIpc) is 2.83. The number of hydrogen-bond donors (Lipinski definition) is 1. The Balaban J connectivity index is 1.37. The number of anilines is 1. The van der Waals surface area contributed by atoms with E-state index in [2.05, 4.69) is 23.2 Å². The standard InChI is InChI=1S/C28H37N3O/c1-2-3-4-5-6-7-8-9-10-13-22-32-25-19-17-24(18-20-25)30-31-28-26-15-12-11-14-23(26)16-21-27(28)29/h11-12,14-21H,2-10,13,22,29H2,1H3/b31-30+. The quantitative estimate of drug-likeness (QED) is 0.157. The van der Waals surface area contributed by atoms with Gasteiger partial charge in [-0.1, -0.05) is 95.0 Å². The summed E-state index contributed by atoms with van der Waals surface area (Å²) < 4.78 is 5.88. The molecule has 0 spiro atoms. The van der Waals surface area contributed by atoms with Crippen molar-refractivity contribution in [2.75, 3.05) is 12.3 Å². The number of unbranched alkanes of at least 4 members (excludes halogenated alkanes) is 9. The van der Waals surface area contributed by atoms with Crippen LogP contribution in [-0.4, -0.2) is 6.61 Å². The van der Waals surface area contributed by atoms with Crippen molar-refractivity contribution in [3.05, 3.63) is 60.7 Å². The van der Waals surface area contributed by atoms with Crippen molar-refractivity contribution in [2.45, 2.75) is 71.1 Å². The third-order valence-corrected chi connectivity index (χ3v) is 5.80. The lowest BCUT2D eigenvalue weighted by Gasteiger charge is -2.07. The molecule has 4 heteroatoms. The van der Waals surface area contributed by atoms with Gasteiger partial charge in [0, 0.05) is 5.39 Å². The van der Waals surface area contributed by atoms with Crippen molar-refractivity contribution < 1.29 is 4.74 Å². The summed E-state index contributed by atoms with van der Waals surface area (Å²) in [5.41, 5.74) is 8.25. The topological polar surface area (TPSA) is 60.0 Å². The van der Waals surface area contributed by atoms with E-state index in [1.807, 2.05) is 54.6 Å². The summed E-state index contributed by atoms with van der Waals surface area (Å²) in [4.78, 5) is 0. The molecule has 170 valence electrons. The number of azo groups is 1. The zero-order valence-electron chi connectivity index (χ0n) is 19.4. The largest absolute Gasteiger partial charge is 0.494 e. The first-order valence-corrected chi connectivity index (χ1v) is 12.2. The van der Waals surface area contributed by atoms with Crippen LogP contribution in [-0.2, 0) is 0 Å². The Morgan fingerprint density at radius 1 is 0.688 bits per heavy atom. The molecule has 0 aliphatic carbocycles. The average molecular weight is 432 g/mol. The molecule has 0 atom stereocenters. The van der Waals surface area contributed by atoms with Crippen LogP contribution < -0.4 is 10.5 Å². The van der Waals surface area contributed by atoms with Gasteiger partial charge in [-0.25, -0.2) is 0 Å². The molecule has 0 bridgehead atoms. The Hall–Kier alpha value is -2.88. The fourth-order valence-corrected chi connectivity index (χ4v) is 3.88. The summed E-state index contributed by atoms with van der Waals surface area (Å²) in [6, 6.07) is 19.7. The molecule has 0 fully saturated rings. The fraction of sp³-hybridized carbons (Fsp3) is 0.429. The molecular weight excluding hydrogens is 394 g/mol. The molecule has 0 saturated heterocycles. The predicted molar refractivity (Wildman–Crippen MR) is 136 cm³/mol. The maximum Gasteiger partial charge on any atom is 0.119 e. The molecule has 0 aliphatic rings. The van der Waals surface area contributed by atoms with Crippen LogP contribution in [0, 0.1) is 0 Å². The SMILES string of the molecule is CCCCCCCCCCCCOc1ccc(/N=N/c2c(N)ccc3ccccc23)cc1. The number of nitrogens with zero attached hydrogens (tertiary/aromatic N) is 2. The van der Waals surface area contributed by atoms with Crippen LogP contribution in [0.25, 0.3) is 10.8 Å². The van der Waals surface area contributed by atoms with Crippen LogP contribution in [0.4, 0.5) is 17.1 Å². The third kappa shape index (κ3) is 7.67. The summed E-state index contributed by atoms with van der Waals surface area (Å²) >= 11 is 0. The van der Waals surface area contributed by atoms with Crippen molar-refractivity contribution in [2.24, 2.45) is 10.2 Å². The summed E-state index contributed by atoms with van der Waals surface area (Å²) in [6.45, 7) is 3.04. The van der Waals surface area contributed by atoms with Gasteiger partial charge in [0.1, 0.15) is 11.4 Å². The van der Waals surface area contributed by atoms with Crippen molar-refractivity contribution in [3.8, 4) is 5.75 Å². The van der Waals surface area contributed by atoms with Crippen molar-refractivity contribution >= 4 is 27.8 Å². The second kappa shape index (κ2) is 13.5. The van der Waals surface area contributed by atoms with Gasteiger partial charge in [0.2, 0.25) is 0 Å². The number of rotatable bonds is 14. The summed E-state index contributed by atoms with van der Waals surface area (Å²) in [7, 11) is 0. The molecule has 0 unspecified atom stereocenters. The number of ether oxygens (including phenoxy) is 1. The van der Waals surface area contributed by atoms with Crippen LogP contribution in [0.3, 0.4) is 0 Å². The Bertz CT molecular complexity index is 966. The number of benzene rings is 3. The maximum absolute atomic E-state index is 6.13. The highest BCUT2D eigenvalue weighted by molar-refractivity contribution is 5.97. The lowest BCUT2D eigenvalue weighted by atomic mass is 10.1. The highest BCUT2D eigenvalue weighted by Crippen LogP contribution is 2.33.